The molecule has 0 saturated carbocycles. The molecule has 3 nitrogen and oxygen atoms in total. The molecule has 1 aromatic carbocycles. The minimum atomic E-state index is 0.341. The number of aromatic nitrogens is 2. The van der Waals surface area contributed by atoms with Gasteiger partial charge in [0.2, 0.25) is 0 Å². The zero-order valence-electron chi connectivity index (χ0n) is 12.7. The first kappa shape index (κ1) is 14.6. The molecule has 112 valence electrons. The summed E-state index contributed by atoms with van der Waals surface area (Å²) in [6, 6.07) is 9.18. The van der Waals surface area contributed by atoms with Gasteiger partial charge in [-0.05, 0) is 47.7 Å². The third-order valence-electron chi connectivity index (χ3n) is 4.15. The van der Waals surface area contributed by atoms with E-state index in [1.165, 1.54) is 29.7 Å². The Balaban J connectivity index is 1.95. The van der Waals surface area contributed by atoms with E-state index < -0.39 is 0 Å². The number of rotatable bonds is 4. The monoisotopic (exact) mass is 347 g/mol. The summed E-state index contributed by atoms with van der Waals surface area (Å²) in [7, 11) is 0. The second-order valence-electron chi connectivity index (χ2n) is 5.80. The maximum Gasteiger partial charge on any atom is 0.139 e. The highest BCUT2D eigenvalue weighted by molar-refractivity contribution is 9.10. The summed E-state index contributed by atoms with van der Waals surface area (Å²) in [5.41, 5.74) is 3.83. The molecule has 3 rings (SSSR count). The highest BCUT2D eigenvalue weighted by Crippen LogP contribution is 2.36. The molecule has 0 saturated heterocycles. The van der Waals surface area contributed by atoms with Crippen molar-refractivity contribution in [2.24, 2.45) is 0 Å². The molecule has 1 N–H and O–H groups in total. The highest BCUT2D eigenvalue weighted by atomic mass is 79.9. The predicted molar refractivity (Wildman–Crippen MR) is 91.0 cm³/mol. The van der Waals surface area contributed by atoms with Crippen LogP contribution in [-0.2, 0) is 6.42 Å². The van der Waals surface area contributed by atoms with Gasteiger partial charge in [-0.3, -0.25) is 0 Å². The number of fused-ring (bicyclic) bond motifs is 1. The standard InChI is InChI=1S/C17H22BrN3/c1-3-4-5-14-16(18)17-19-11-10-15(21(17)20-14)13-8-6-12(2)7-9-13/h6-9,15,19H,3-5,10-11H2,1-2H3. The lowest BCUT2D eigenvalue weighted by atomic mass is 10.0. The number of anilines is 1. The van der Waals surface area contributed by atoms with Crippen molar-refractivity contribution in [1.29, 1.82) is 0 Å². The number of nitrogens with one attached hydrogen (secondary N) is 1. The second-order valence-corrected chi connectivity index (χ2v) is 6.59. The Hall–Kier alpha value is -1.29. The molecule has 0 radical (unpaired) electrons. The lowest BCUT2D eigenvalue weighted by Crippen LogP contribution is -2.24. The van der Waals surface area contributed by atoms with E-state index in [1.807, 2.05) is 0 Å². The quantitative estimate of drug-likeness (QED) is 0.868. The molecule has 0 aliphatic carbocycles. The fourth-order valence-electron chi connectivity index (χ4n) is 2.90. The minimum Gasteiger partial charge on any atom is -0.369 e. The van der Waals surface area contributed by atoms with E-state index in [0.717, 1.165) is 29.7 Å². The molecule has 1 unspecified atom stereocenters. The highest BCUT2D eigenvalue weighted by Gasteiger charge is 2.26. The van der Waals surface area contributed by atoms with Crippen LogP contribution >= 0.6 is 15.9 Å². The first-order valence-corrected chi connectivity index (χ1v) is 8.57. The van der Waals surface area contributed by atoms with Gasteiger partial charge in [0, 0.05) is 6.54 Å². The Labute approximate surface area is 134 Å². The number of nitrogens with zero attached hydrogens (tertiary/aromatic N) is 2. The van der Waals surface area contributed by atoms with Gasteiger partial charge in [-0.2, -0.15) is 5.10 Å². The van der Waals surface area contributed by atoms with Crippen LogP contribution in [0, 0.1) is 6.92 Å². The van der Waals surface area contributed by atoms with E-state index in [9.17, 15) is 0 Å². The molecule has 1 aliphatic heterocycles. The third-order valence-corrected chi connectivity index (χ3v) is 4.99. The molecule has 0 bridgehead atoms. The molecule has 2 aromatic rings. The van der Waals surface area contributed by atoms with Gasteiger partial charge in [0.25, 0.3) is 0 Å². The molecular formula is C17H22BrN3. The number of hydrogen-bond acceptors (Lipinski definition) is 2. The van der Waals surface area contributed by atoms with Gasteiger partial charge in [-0.25, -0.2) is 4.68 Å². The average Bonchev–Trinajstić information content (AvgIpc) is 2.83. The predicted octanol–water partition coefficient (Wildman–Crippen LogP) is 4.70. The molecule has 21 heavy (non-hydrogen) atoms. The van der Waals surface area contributed by atoms with Crippen LogP contribution in [-0.4, -0.2) is 16.3 Å². The van der Waals surface area contributed by atoms with Crippen molar-refractivity contribution in [2.75, 3.05) is 11.9 Å². The first-order chi connectivity index (χ1) is 10.2. The van der Waals surface area contributed by atoms with E-state index in [4.69, 9.17) is 5.10 Å². The van der Waals surface area contributed by atoms with Crippen LogP contribution < -0.4 is 5.32 Å². The van der Waals surface area contributed by atoms with Gasteiger partial charge in [-0.15, -0.1) is 0 Å². The first-order valence-electron chi connectivity index (χ1n) is 7.78. The zero-order valence-corrected chi connectivity index (χ0v) is 14.3. The van der Waals surface area contributed by atoms with Crippen LogP contribution in [0.1, 0.15) is 49.0 Å². The number of hydrogen-bond donors (Lipinski definition) is 1. The topological polar surface area (TPSA) is 29.9 Å². The van der Waals surface area contributed by atoms with Gasteiger partial charge < -0.3 is 5.32 Å². The van der Waals surface area contributed by atoms with Crippen molar-refractivity contribution in [3.05, 3.63) is 45.6 Å². The second kappa shape index (κ2) is 6.22. The molecule has 1 aliphatic rings. The Morgan fingerprint density at radius 1 is 1.33 bits per heavy atom. The minimum absolute atomic E-state index is 0.341. The smallest absolute Gasteiger partial charge is 0.139 e. The maximum absolute atomic E-state index is 4.88. The fraction of sp³-hybridized carbons (Fsp3) is 0.471. The average molecular weight is 348 g/mol. The van der Waals surface area contributed by atoms with Crippen molar-refractivity contribution in [2.45, 2.75) is 45.6 Å². The van der Waals surface area contributed by atoms with Crippen molar-refractivity contribution in [1.82, 2.24) is 9.78 Å². The van der Waals surface area contributed by atoms with Crippen molar-refractivity contribution in [3.8, 4) is 0 Å². The summed E-state index contributed by atoms with van der Waals surface area (Å²) in [5.74, 6) is 1.14. The Morgan fingerprint density at radius 2 is 2.10 bits per heavy atom. The van der Waals surface area contributed by atoms with E-state index in [1.54, 1.807) is 0 Å². The van der Waals surface area contributed by atoms with Gasteiger partial charge >= 0.3 is 0 Å². The largest absolute Gasteiger partial charge is 0.369 e. The van der Waals surface area contributed by atoms with Crippen LogP contribution in [0.3, 0.4) is 0 Å². The number of benzene rings is 1. The van der Waals surface area contributed by atoms with Crippen molar-refractivity contribution in [3.63, 3.8) is 0 Å². The number of unbranched alkanes of at least 4 members (excludes halogenated alkanes) is 1. The number of halogens is 1. The van der Waals surface area contributed by atoms with Crippen LogP contribution in [0.25, 0.3) is 0 Å². The van der Waals surface area contributed by atoms with E-state index in [2.05, 4.69) is 64.0 Å². The molecule has 1 atom stereocenters. The van der Waals surface area contributed by atoms with Crippen LogP contribution in [0.2, 0.25) is 0 Å². The van der Waals surface area contributed by atoms with E-state index >= 15 is 0 Å². The summed E-state index contributed by atoms with van der Waals surface area (Å²) in [5, 5.41) is 8.37. The molecule has 1 aromatic heterocycles. The van der Waals surface area contributed by atoms with E-state index in [0.29, 0.717) is 6.04 Å². The lowest BCUT2D eigenvalue weighted by Gasteiger charge is -2.26. The van der Waals surface area contributed by atoms with Crippen molar-refractivity contribution < 1.29 is 0 Å². The van der Waals surface area contributed by atoms with Crippen LogP contribution in [0.15, 0.2) is 28.7 Å². The summed E-state index contributed by atoms with van der Waals surface area (Å²) in [6.07, 6.45) is 4.50. The third kappa shape index (κ3) is 2.86. The molecule has 4 heteroatoms. The zero-order chi connectivity index (χ0) is 14.8. The molecule has 0 fully saturated rings. The van der Waals surface area contributed by atoms with Gasteiger partial charge in [0.15, 0.2) is 0 Å². The van der Waals surface area contributed by atoms with Gasteiger partial charge in [0.1, 0.15) is 5.82 Å². The number of aryl methyl sites for hydroxylation is 2. The van der Waals surface area contributed by atoms with Gasteiger partial charge in [0.05, 0.1) is 16.2 Å². The fourth-order valence-corrected chi connectivity index (χ4v) is 3.49. The Morgan fingerprint density at radius 3 is 2.81 bits per heavy atom. The lowest BCUT2D eigenvalue weighted by molar-refractivity contribution is 0.477. The van der Waals surface area contributed by atoms with Crippen LogP contribution in [0.5, 0.6) is 0 Å². The van der Waals surface area contributed by atoms with Crippen molar-refractivity contribution >= 4 is 21.7 Å². The normalized spacial score (nSPS) is 17.4. The summed E-state index contributed by atoms with van der Waals surface area (Å²) in [6.45, 7) is 5.35. The summed E-state index contributed by atoms with van der Waals surface area (Å²) < 4.78 is 3.32. The summed E-state index contributed by atoms with van der Waals surface area (Å²) in [4.78, 5) is 0. The van der Waals surface area contributed by atoms with Gasteiger partial charge in [-0.1, -0.05) is 43.2 Å². The molecule has 2 heterocycles. The maximum atomic E-state index is 4.88. The molecule has 0 amide bonds. The summed E-state index contributed by atoms with van der Waals surface area (Å²) >= 11 is 3.73. The molecule has 0 spiro atoms. The Bertz CT molecular complexity index is 616. The molecular weight excluding hydrogens is 326 g/mol. The van der Waals surface area contributed by atoms with Crippen LogP contribution in [0.4, 0.5) is 5.82 Å². The van der Waals surface area contributed by atoms with E-state index in [-0.39, 0.29) is 0 Å². The SMILES string of the molecule is CCCCc1nn2c(c1Br)NCCC2c1ccc(C)cc1. The Kier molecular flexibility index (Phi) is 4.34.